The molecule has 1 N–H and O–H groups in total. The molecule has 1 unspecified atom stereocenters. The summed E-state index contributed by atoms with van der Waals surface area (Å²) in [7, 11) is 0. The van der Waals surface area contributed by atoms with Gasteiger partial charge in [0.1, 0.15) is 11.0 Å². The third-order valence-electron chi connectivity index (χ3n) is 3.86. The van der Waals surface area contributed by atoms with Gasteiger partial charge in [-0.05, 0) is 43.7 Å². The van der Waals surface area contributed by atoms with E-state index in [1.807, 2.05) is 48.5 Å². The second-order valence-electron chi connectivity index (χ2n) is 5.68. The van der Waals surface area contributed by atoms with Crippen LogP contribution in [0, 0.1) is 0 Å². The number of aromatic nitrogens is 3. The van der Waals surface area contributed by atoms with Gasteiger partial charge < -0.3 is 9.84 Å². The third kappa shape index (κ3) is 3.92. The molecule has 0 aliphatic rings. The molecule has 1 atom stereocenters. The van der Waals surface area contributed by atoms with E-state index in [1.165, 1.54) is 0 Å². The van der Waals surface area contributed by atoms with Gasteiger partial charge in [-0.15, -0.1) is 10.2 Å². The highest BCUT2D eigenvalue weighted by Gasteiger charge is 2.13. The first-order chi connectivity index (χ1) is 12.1. The second-order valence-corrected chi connectivity index (χ2v) is 5.68. The fraction of sp³-hybridized carbons (Fsp3) is 0.211. The lowest BCUT2D eigenvalue weighted by molar-refractivity contribution is -0.162. The van der Waals surface area contributed by atoms with E-state index in [9.17, 15) is 9.90 Å². The summed E-state index contributed by atoms with van der Waals surface area (Å²) in [5.41, 5.74) is 3.78. The summed E-state index contributed by atoms with van der Waals surface area (Å²) in [6.07, 6.45) is 0.682. The Bertz CT molecular complexity index is 880. The van der Waals surface area contributed by atoms with Crippen LogP contribution in [0.2, 0.25) is 0 Å². The van der Waals surface area contributed by atoms with Gasteiger partial charge in [0.25, 0.3) is 0 Å². The predicted molar refractivity (Wildman–Crippen MR) is 94.1 cm³/mol. The number of ether oxygens (including phenoxy) is 1. The number of benzene rings is 2. The Morgan fingerprint density at radius 3 is 2.32 bits per heavy atom. The summed E-state index contributed by atoms with van der Waals surface area (Å²) in [6.45, 7) is 3.39. The van der Waals surface area contributed by atoms with Crippen molar-refractivity contribution < 1.29 is 14.6 Å². The summed E-state index contributed by atoms with van der Waals surface area (Å²) in [5, 5.41) is 18.7. The van der Waals surface area contributed by atoms with Crippen LogP contribution in [0.3, 0.4) is 0 Å². The Labute approximate surface area is 145 Å². The van der Waals surface area contributed by atoms with Gasteiger partial charge in [0, 0.05) is 12.0 Å². The van der Waals surface area contributed by atoms with Crippen LogP contribution in [0.4, 0.5) is 0 Å². The maximum absolute atomic E-state index is 11.6. The number of rotatable bonds is 5. The maximum Gasteiger partial charge on any atom is 0.335 e. The minimum atomic E-state index is -1.18. The van der Waals surface area contributed by atoms with Gasteiger partial charge in [0.2, 0.25) is 6.29 Å². The molecule has 128 valence electrons. The Balaban J connectivity index is 1.68. The normalized spacial score (nSPS) is 13.0. The summed E-state index contributed by atoms with van der Waals surface area (Å²) in [5.74, 6) is -0.515. The van der Waals surface area contributed by atoms with Gasteiger partial charge >= 0.3 is 5.97 Å². The van der Waals surface area contributed by atoms with Crippen molar-refractivity contribution in [3.05, 3.63) is 65.7 Å². The van der Waals surface area contributed by atoms with Gasteiger partial charge in [0.15, 0.2) is 0 Å². The molecule has 1 heterocycles. The van der Waals surface area contributed by atoms with Crippen molar-refractivity contribution in [2.75, 3.05) is 0 Å². The minimum Gasteiger partial charge on any atom is -0.432 e. The molecule has 0 saturated carbocycles. The molecule has 0 saturated heterocycles. The smallest absolute Gasteiger partial charge is 0.335 e. The Morgan fingerprint density at radius 2 is 1.76 bits per heavy atom. The molecule has 0 amide bonds. The number of fused-ring (bicyclic) bond motifs is 1. The molecule has 0 bridgehead atoms. The van der Waals surface area contributed by atoms with Crippen LogP contribution in [0.1, 0.15) is 19.4 Å². The molecule has 0 fully saturated rings. The first kappa shape index (κ1) is 16.9. The van der Waals surface area contributed by atoms with E-state index in [-0.39, 0.29) is 6.42 Å². The van der Waals surface area contributed by atoms with Crippen molar-refractivity contribution in [3.63, 3.8) is 0 Å². The number of esters is 1. The van der Waals surface area contributed by atoms with E-state index < -0.39 is 12.3 Å². The van der Waals surface area contributed by atoms with Crippen molar-refractivity contribution in [2.24, 2.45) is 0 Å². The zero-order chi connectivity index (χ0) is 17.8. The number of aliphatic hydroxyl groups is 1. The van der Waals surface area contributed by atoms with Crippen molar-refractivity contribution in [1.82, 2.24) is 15.0 Å². The predicted octanol–water partition coefficient (Wildman–Crippen LogP) is 2.79. The van der Waals surface area contributed by atoms with E-state index in [2.05, 4.69) is 10.2 Å². The SMILES string of the molecule is C/C=C(\C)C(=O)OC(O)Cc1ccc(-n2nc3ccccc3n2)cc1. The van der Waals surface area contributed by atoms with E-state index in [4.69, 9.17) is 4.74 Å². The number of hydrogen-bond acceptors (Lipinski definition) is 5. The molecule has 0 radical (unpaired) electrons. The van der Waals surface area contributed by atoms with Crippen LogP contribution >= 0.6 is 0 Å². The molecule has 0 spiro atoms. The number of allylic oxidation sites excluding steroid dienone is 1. The monoisotopic (exact) mass is 337 g/mol. The maximum atomic E-state index is 11.6. The van der Waals surface area contributed by atoms with Gasteiger partial charge in [-0.3, -0.25) is 0 Å². The number of carbonyl (C=O) groups excluding carboxylic acids is 1. The molecule has 2 aromatic carbocycles. The highest BCUT2D eigenvalue weighted by molar-refractivity contribution is 5.87. The average Bonchev–Trinajstić information content (AvgIpc) is 3.05. The minimum absolute atomic E-state index is 0.220. The van der Waals surface area contributed by atoms with Gasteiger partial charge in [-0.2, -0.15) is 4.80 Å². The lowest BCUT2D eigenvalue weighted by atomic mass is 10.1. The van der Waals surface area contributed by atoms with Crippen LogP contribution in [-0.2, 0) is 16.0 Å². The molecule has 3 aromatic rings. The van der Waals surface area contributed by atoms with Crippen LogP contribution in [0.25, 0.3) is 16.7 Å². The largest absolute Gasteiger partial charge is 0.432 e. The number of carbonyl (C=O) groups is 1. The standard InChI is InChI=1S/C19H19N3O3/c1-3-13(2)19(24)25-18(23)12-14-8-10-15(11-9-14)22-20-16-6-4-5-7-17(16)21-22/h3-11,18,23H,12H2,1-2H3/b13-3+. The van der Waals surface area contributed by atoms with Crippen molar-refractivity contribution in [3.8, 4) is 5.69 Å². The summed E-state index contributed by atoms with van der Waals surface area (Å²) in [4.78, 5) is 13.2. The molecular formula is C19H19N3O3. The Hall–Kier alpha value is -2.99. The van der Waals surface area contributed by atoms with E-state index in [0.29, 0.717) is 5.57 Å². The molecule has 3 rings (SSSR count). The molecule has 25 heavy (non-hydrogen) atoms. The van der Waals surface area contributed by atoms with Crippen LogP contribution in [-0.4, -0.2) is 32.4 Å². The first-order valence-corrected chi connectivity index (χ1v) is 8.00. The third-order valence-corrected chi connectivity index (χ3v) is 3.86. The average molecular weight is 337 g/mol. The van der Waals surface area contributed by atoms with E-state index >= 15 is 0 Å². The van der Waals surface area contributed by atoms with E-state index in [1.54, 1.807) is 24.7 Å². The van der Waals surface area contributed by atoms with Crippen LogP contribution in [0.5, 0.6) is 0 Å². The number of aliphatic hydroxyl groups excluding tert-OH is 1. The molecule has 6 nitrogen and oxygen atoms in total. The number of nitrogens with zero attached hydrogens (tertiary/aromatic N) is 3. The molecular weight excluding hydrogens is 318 g/mol. The van der Waals surface area contributed by atoms with Crippen molar-refractivity contribution in [1.29, 1.82) is 0 Å². The fourth-order valence-electron chi connectivity index (χ4n) is 2.32. The van der Waals surface area contributed by atoms with Crippen LogP contribution < -0.4 is 0 Å². The van der Waals surface area contributed by atoms with E-state index in [0.717, 1.165) is 22.3 Å². The summed E-state index contributed by atoms with van der Waals surface area (Å²) >= 11 is 0. The lowest BCUT2D eigenvalue weighted by Crippen LogP contribution is -2.20. The van der Waals surface area contributed by atoms with Crippen molar-refractivity contribution >= 4 is 17.0 Å². The fourth-order valence-corrected chi connectivity index (χ4v) is 2.32. The number of hydrogen-bond donors (Lipinski definition) is 1. The van der Waals surface area contributed by atoms with Gasteiger partial charge in [-0.1, -0.05) is 30.3 Å². The summed E-state index contributed by atoms with van der Waals surface area (Å²) < 4.78 is 4.98. The first-order valence-electron chi connectivity index (χ1n) is 8.00. The topological polar surface area (TPSA) is 77.2 Å². The molecule has 0 aliphatic carbocycles. The second kappa shape index (κ2) is 7.27. The Morgan fingerprint density at radius 1 is 1.16 bits per heavy atom. The molecule has 0 aliphatic heterocycles. The van der Waals surface area contributed by atoms with Gasteiger partial charge in [-0.25, -0.2) is 4.79 Å². The highest BCUT2D eigenvalue weighted by Crippen LogP contribution is 2.14. The highest BCUT2D eigenvalue weighted by atomic mass is 16.6. The molecule has 1 aromatic heterocycles. The lowest BCUT2D eigenvalue weighted by Gasteiger charge is -2.12. The van der Waals surface area contributed by atoms with Gasteiger partial charge in [0.05, 0.1) is 5.69 Å². The van der Waals surface area contributed by atoms with Crippen molar-refractivity contribution in [2.45, 2.75) is 26.6 Å². The molecule has 6 heteroatoms. The Kier molecular flexibility index (Phi) is 4.90. The summed E-state index contributed by atoms with van der Waals surface area (Å²) in [6, 6.07) is 15.1. The zero-order valence-electron chi connectivity index (χ0n) is 14.1. The quantitative estimate of drug-likeness (QED) is 0.440. The zero-order valence-corrected chi connectivity index (χ0v) is 14.1. The van der Waals surface area contributed by atoms with Crippen LogP contribution in [0.15, 0.2) is 60.2 Å².